The molecular formula is C8H5BrClF3O2S. The molecule has 0 radical (unpaired) electrons. The zero-order valence-electron chi connectivity index (χ0n) is 7.55. The van der Waals surface area contributed by atoms with Crippen LogP contribution in [0.3, 0.4) is 0 Å². The Bertz CT molecular complexity index is 498. The first-order valence-corrected chi connectivity index (χ1v) is 7.30. The lowest BCUT2D eigenvalue weighted by atomic mass is 10.1. The van der Waals surface area contributed by atoms with Crippen molar-refractivity contribution in [3.05, 3.63) is 29.3 Å². The first-order valence-electron chi connectivity index (χ1n) is 3.87. The van der Waals surface area contributed by atoms with E-state index in [9.17, 15) is 21.6 Å². The average Bonchev–Trinajstić information content (AvgIpc) is 2.14. The summed E-state index contributed by atoms with van der Waals surface area (Å²) in [6.07, 6.45) is -4.61. The zero-order chi connectivity index (χ0) is 12.6. The van der Waals surface area contributed by atoms with Crippen molar-refractivity contribution in [1.82, 2.24) is 0 Å². The fourth-order valence-corrected chi connectivity index (χ4v) is 2.35. The summed E-state index contributed by atoms with van der Waals surface area (Å²) in [5.74, 6) is 0. The maximum atomic E-state index is 12.5. The lowest BCUT2D eigenvalue weighted by Crippen LogP contribution is -2.09. The van der Waals surface area contributed by atoms with Crippen LogP contribution in [0.5, 0.6) is 0 Å². The minimum Gasteiger partial charge on any atom is -0.207 e. The predicted octanol–water partition coefficient (Wildman–Crippen LogP) is 3.53. The molecule has 0 amide bonds. The van der Waals surface area contributed by atoms with Crippen LogP contribution in [0.1, 0.15) is 11.1 Å². The van der Waals surface area contributed by atoms with E-state index in [4.69, 9.17) is 10.7 Å². The van der Waals surface area contributed by atoms with Gasteiger partial charge in [-0.1, -0.05) is 22.0 Å². The van der Waals surface area contributed by atoms with E-state index in [0.29, 0.717) is 6.07 Å². The van der Waals surface area contributed by atoms with Crippen LogP contribution < -0.4 is 0 Å². The maximum absolute atomic E-state index is 12.5. The fourth-order valence-electron chi connectivity index (χ4n) is 1.09. The van der Waals surface area contributed by atoms with Gasteiger partial charge in [0.2, 0.25) is 0 Å². The van der Waals surface area contributed by atoms with Crippen LogP contribution in [-0.4, -0.2) is 8.42 Å². The molecule has 0 spiro atoms. The fraction of sp³-hybridized carbons (Fsp3) is 0.250. The molecule has 0 atom stereocenters. The Hall–Kier alpha value is -0.270. The highest BCUT2D eigenvalue weighted by Gasteiger charge is 2.34. The smallest absolute Gasteiger partial charge is 0.207 e. The van der Waals surface area contributed by atoms with E-state index in [1.54, 1.807) is 0 Å². The first-order chi connectivity index (χ1) is 7.16. The second-order valence-corrected chi connectivity index (χ2v) is 6.01. The lowest BCUT2D eigenvalue weighted by Gasteiger charge is -2.11. The van der Waals surface area contributed by atoms with Gasteiger partial charge in [0.1, 0.15) is 0 Å². The minimum atomic E-state index is -4.61. The van der Waals surface area contributed by atoms with Crippen molar-refractivity contribution in [2.24, 2.45) is 0 Å². The molecule has 0 aromatic heterocycles. The molecule has 0 N–H and O–H groups in total. The van der Waals surface area contributed by atoms with Crippen LogP contribution in [0.2, 0.25) is 0 Å². The number of halogens is 5. The third-order valence-electron chi connectivity index (χ3n) is 1.81. The van der Waals surface area contributed by atoms with Crippen molar-refractivity contribution in [3.8, 4) is 0 Å². The van der Waals surface area contributed by atoms with Gasteiger partial charge in [0.25, 0.3) is 9.05 Å². The Kier molecular flexibility index (Phi) is 3.91. The summed E-state index contributed by atoms with van der Waals surface area (Å²) in [6, 6.07) is 2.64. The van der Waals surface area contributed by atoms with Gasteiger partial charge in [0.15, 0.2) is 0 Å². The van der Waals surface area contributed by atoms with Gasteiger partial charge in [-0.2, -0.15) is 13.2 Å². The normalized spacial score (nSPS) is 12.8. The van der Waals surface area contributed by atoms with Crippen LogP contribution in [0, 0.1) is 0 Å². The highest BCUT2D eigenvalue weighted by atomic mass is 79.9. The van der Waals surface area contributed by atoms with Crippen molar-refractivity contribution >= 4 is 35.7 Å². The molecule has 1 rings (SSSR count). The van der Waals surface area contributed by atoms with Gasteiger partial charge in [-0.05, 0) is 17.7 Å². The first kappa shape index (κ1) is 13.8. The van der Waals surface area contributed by atoms with E-state index in [2.05, 4.69) is 15.9 Å². The highest BCUT2D eigenvalue weighted by Crippen LogP contribution is 2.34. The summed E-state index contributed by atoms with van der Waals surface area (Å²) >= 11 is 2.89. The number of rotatable bonds is 2. The molecule has 16 heavy (non-hydrogen) atoms. The largest absolute Gasteiger partial charge is 0.416 e. The summed E-state index contributed by atoms with van der Waals surface area (Å²) in [6.45, 7) is 0. The van der Waals surface area contributed by atoms with Gasteiger partial charge in [0.05, 0.1) is 10.5 Å². The Morgan fingerprint density at radius 3 is 2.25 bits per heavy atom. The van der Waals surface area contributed by atoms with Gasteiger partial charge in [-0.3, -0.25) is 0 Å². The Balaban J connectivity index is 3.45. The second kappa shape index (κ2) is 4.54. The monoisotopic (exact) mass is 336 g/mol. The molecule has 0 bridgehead atoms. The molecule has 1 aromatic carbocycles. The summed E-state index contributed by atoms with van der Waals surface area (Å²) in [5, 5.41) is -0.0234. The van der Waals surface area contributed by atoms with E-state index in [-0.39, 0.29) is 10.9 Å². The van der Waals surface area contributed by atoms with E-state index < -0.39 is 25.7 Å². The van der Waals surface area contributed by atoms with Crippen molar-refractivity contribution in [1.29, 1.82) is 0 Å². The van der Waals surface area contributed by atoms with Gasteiger partial charge in [-0.25, -0.2) is 8.42 Å². The summed E-state index contributed by atoms with van der Waals surface area (Å²) < 4.78 is 59.4. The van der Waals surface area contributed by atoms with Gasteiger partial charge in [0, 0.05) is 16.0 Å². The molecule has 0 saturated heterocycles. The minimum absolute atomic E-state index is 0.0234. The molecule has 0 heterocycles. The van der Waals surface area contributed by atoms with Crippen LogP contribution in [-0.2, 0) is 20.6 Å². The summed E-state index contributed by atoms with van der Waals surface area (Å²) in [5.41, 5.74) is -1.05. The SMILES string of the molecule is O=S(=O)(Cl)c1ccc(CBr)c(C(F)(F)F)c1. The molecule has 0 aliphatic rings. The van der Waals surface area contributed by atoms with Crippen molar-refractivity contribution in [3.63, 3.8) is 0 Å². The van der Waals surface area contributed by atoms with Crippen molar-refractivity contribution in [2.75, 3.05) is 0 Å². The molecular weight excluding hydrogens is 333 g/mol. The number of hydrogen-bond acceptors (Lipinski definition) is 2. The number of benzene rings is 1. The number of hydrogen-bond donors (Lipinski definition) is 0. The standard InChI is InChI=1S/C8H5BrClF3O2S/c9-4-5-1-2-6(16(10,14)15)3-7(5)8(11,12)13/h1-3H,4H2. The molecule has 0 unspecified atom stereocenters. The maximum Gasteiger partial charge on any atom is 0.416 e. The van der Waals surface area contributed by atoms with Crippen LogP contribution in [0.4, 0.5) is 13.2 Å². The van der Waals surface area contributed by atoms with Crippen molar-refractivity contribution in [2.45, 2.75) is 16.4 Å². The summed E-state index contributed by atoms with van der Waals surface area (Å²) in [4.78, 5) is -0.564. The zero-order valence-corrected chi connectivity index (χ0v) is 10.7. The highest BCUT2D eigenvalue weighted by molar-refractivity contribution is 9.08. The molecule has 90 valence electrons. The molecule has 0 saturated carbocycles. The van der Waals surface area contributed by atoms with Crippen LogP contribution in [0.15, 0.2) is 23.1 Å². The predicted molar refractivity (Wildman–Crippen MR) is 57.1 cm³/mol. The van der Waals surface area contributed by atoms with Crippen molar-refractivity contribution < 1.29 is 21.6 Å². The number of alkyl halides is 4. The molecule has 0 aliphatic carbocycles. The van der Waals surface area contributed by atoms with Crippen LogP contribution >= 0.6 is 26.6 Å². The van der Waals surface area contributed by atoms with E-state index in [0.717, 1.165) is 12.1 Å². The van der Waals surface area contributed by atoms with E-state index in [1.165, 1.54) is 0 Å². The van der Waals surface area contributed by atoms with Crippen LogP contribution in [0.25, 0.3) is 0 Å². The summed E-state index contributed by atoms with van der Waals surface area (Å²) in [7, 11) is 0.816. The second-order valence-electron chi connectivity index (χ2n) is 2.89. The molecule has 1 aromatic rings. The topological polar surface area (TPSA) is 34.1 Å². The Labute approximate surface area is 103 Å². The Morgan fingerprint density at radius 2 is 1.88 bits per heavy atom. The molecule has 2 nitrogen and oxygen atoms in total. The van der Waals surface area contributed by atoms with Gasteiger partial charge in [-0.15, -0.1) is 0 Å². The quantitative estimate of drug-likeness (QED) is 0.611. The van der Waals surface area contributed by atoms with Gasteiger partial charge < -0.3 is 0 Å². The van der Waals surface area contributed by atoms with E-state index in [1.807, 2.05) is 0 Å². The van der Waals surface area contributed by atoms with E-state index >= 15 is 0 Å². The van der Waals surface area contributed by atoms with Gasteiger partial charge >= 0.3 is 6.18 Å². The molecule has 0 fully saturated rings. The third kappa shape index (κ3) is 3.11. The molecule has 0 aliphatic heterocycles. The lowest BCUT2D eigenvalue weighted by molar-refractivity contribution is -0.138. The molecule has 8 heteroatoms. The Morgan fingerprint density at radius 1 is 1.31 bits per heavy atom. The third-order valence-corrected chi connectivity index (χ3v) is 3.77. The average molecular weight is 338 g/mol.